The molecule has 2 aromatic heterocycles. The van der Waals surface area contributed by atoms with Crippen molar-refractivity contribution in [2.45, 2.75) is 18.7 Å². The number of nitrogens with one attached hydrogen (secondary N) is 2. The summed E-state index contributed by atoms with van der Waals surface area (Å²) < 4.78 is 15.5. The fraction of sp³-hybridized carbons (Fsp3) is 0.182. The highest BCUT2D eigenvalue weighted by Crippen LogP contribution is 2.35. The molecule has 0 radical (unpaired) electrons. The smallest absolute Gasteiger partial charge is 0.272 e. The van der Waals surface area contributed by atoms with Crippen molar-refractivity contribution in [3.8, 4) is 11.1 Å². The van der Waals surface area contributed by atoms with Gasteiger partial charge in [0.2, 0.25) is 5.95 Å². The van der Waals surface area contributed by atoms with Gasteiger partial charge < -0.3 is 5.32 Å². The van der Waals surface area contributed by atoms with Crippen molar-refractivity contribution >= 4 is 23.4 Å². The first-order chi connectivity index (χ1) is 15.1. The Kier molecular flexibility index (Phi) is 5.03. The molecule has 2 N–H and O–H groups in total. The Labute approximate surface area is 181 Å². The van der Waals surface area contributed by atoms with Gasteiger partial charge in [-0.15, -0.1) is 10.2 Å². The summed E-state index contributed by atoms with van der Waals surface area (Å²) in [6.07, 6.45) is 1.56. The third kappa shape index (κ3) is 3.72. The molecule has 1 atom stereocenters. The molecule has 0 fully saturated rings. The minimum Gasteiger partial charge on any atom is -0.324 e. The first-order valence-electron chi connectivity index (χ1n) is 9.79. The van der Waals surface area contributed by atoms with Gasteiger partial charge in [-0.25, -0.2) is 9.49 Å². The van der Waals surface area contributed by atoms with Crippen molar-refractivity contribution in [3.63, 3.8) is 0 Å². The summed E-state index contributed by atoms with van der Waals surface area (Å²) in [5, 5.41) is 18.4. The second kappa shape index (κ2) is 7.99. The van der Waals surface area contributed by atoms with Gasteiger partial charge >= 0.3 is 0 Å². The first-order valence-corrected chi connectivity index (χ1v) is 10.9. The molecule has 1 aliphatic heterocycles. The zero-order chi connectivity index (χ0) is 21.4. The Bertz CT molecular complexity index is 1300. The van der Waals surface area contributed by atoms with Gasteiger partial charge in [-0.05, 0) is 47.9 Å². The number of hydrogen-bond acceptors (Lipinski definition) is 6. The van der Waals surface area contributed by atoms with E-state index in [1.165, 1.54) is 12.1 Å². The topological polar surface area (TPSA) is 88.5 Å². The predicted octanol–water partition coefficient (Wildman–Crippen LogP) is 4.06. The first kappa shape index (κ1) is 19.5. The lowest BCUT2D eigenvalue weighted by atomic mass is 10.0. The molecule has 0 spiro atoms. The Hall–Kier alpha value is -3.46. The number of aromatic amines is 1. The number of rotatable bonds is 4. The van der Waals surface area contributed by atoms with Crippen molar-refractivity contribution in [1.82, 2.24) is 25.0 Å². The molecule has 4 aromatic rings. The van der Waals surface area contributed by atoms with Crippen molar-refractivity contribution in [1.29, 1.82) is 0 Å². The lowest BCUT2D eigenvalue weighted by Gasteiger charge is -2.26. The van der Waals surface area contributed by atoms with E-state index in [4.69, 9.17) is 0 Å². The fourth-order valence-electron chi connectivity index (χ4n) is 3.72. The summed E-state index contributed by atoms with van der Waals surface area (Å²) in [4.78, 5) is 12.2. The van der Waals surface area contributed by atoms with E-state index in [0.29, 0.717) is 11.5 Å². The number of aryl methyl sites for hydroxylation is 1. The molecule has 2 aromatic carbocycles. The average molecular weight is 435 g/mol. The number of benzene rings is 2. The third-order valence-corrected chi connectivity index (χ3v) is 6.38. The summed E-state index contributed by atoms with van der Waals surface area (Å²) >= 11 is 1.78. The molecule has 0 aliphatic carbocycles. The molecule has 9 heteroatoms. The summed E-state index contributed by atoms with van der Waals surface area (Å²) in [5.41, 5.74) is 3.93. The highest BCUT2D eigenvalue weighted by Gasteiger charge is 2.27. The maximum atomic E-state index is 13.4. The van der Waals surface area contributed by atoms with Crippen molar-refractivity contribution in [2.75, 3.05) is 11.1 Å². The maximum absolute atomic E-state index is 13.4. The van der Waals surface area contributed by atoms with Gasteiger partial charge in [0, 0.05) is 17.6 Å². The van der Waals surface area contributed by atoms with Crippen molar-refractivity contribution in [3.05, 3.63) is 87.9 Å². The Morgan fingerprint density at radius 2 is 2.00 bits per heavy atom. The maximum Gasteiger partial charge on any atom is 0.272 e. The normalized spacial score (nSPS) is 15.5. The van der Waals surface area contributed by atoms with Gasteiger partial charge in [0.1, 0.15) is 11.6 Å². The number of thioether (sulfide) groups is 1. The second-order valence-electron chi connectivity index (χ2n) is 7.35. The molecule has 0 amide bonds. The van der Waals surface area contributed by atoms with Gasteiger partial charge in [0.05, 0.1) is 17.4 Å². The predicted molar refractivity (Wildman–Crippen MR) is 119 cm³/mol. The van der Waals surface area contributed by atoms with Crippen LogP contribution >= 0.6 is 11.8 Å². The minimum absolute atomic E-state index is 0.00150. The van der Waals surface area contributed by atoms with Crippen LogP contribution in [0.25, 0.3) is 11.1 Å². The molecule has 7 nitrogen and oxygen atoms in total. The summed E-state index contributed by atoms with van der Waals surface area (Å²) in [5.74, 6) is 2.84. The molecule has 0 saturated heterocycles. The monoisotopic (exact) mass is 434 g/mol. The number of nitrogens with zero attached hydrogens (tertiary/aromatic N) is 4. The molecular formula is C22H19FN6OS. The molecule has 1 unspecified atom stereocenters. The Morgan fingerprint density at radius 3 is 2.81 bits per heavy atom. The van der Waals surface area contributed by atoms with Crippen LogP contribution in [0.5, 0.6) is 0 Å². The number of hydrogen-bond donors (Lipinski definition) is 2. The van der Waals surface area contributed by atoms with Crippen LogP contribution in [-0.4, -0.2) is 30.7 Å². The van der Waals surface area contributed by atoms with Crippen molar-refractivity contribution < 1.29 is 4.39 Å². The Balaban J connectivity index is 1.53. The van der Waals surface area contributed by atoms with Crippen LogP contribution in [0.15, 0.2) is 59.5 Å². The van der Waals surface area contributed by atoms with Crippen molar-refractivity contribution in [2.24, 2.45) is 0 Å². The van der Waals surface area contributed by atoms with E-state index in [9.17, 15) is 9.18 Å². The van der Waals surface area contributed by atoms with E-state index in [0.717, 1.165) is 39.7 Å². The van der Waals surface area contributed by atoms with E-state index in [1.807, 2.05) is 25.1 Å². The molecule has 0 saturated carbocycles. The van der Waals surface area contributed by atoms with Gasteiger partial charge in [0.15, 0.2) is 0 Å². The van der Waals surface area contributed by atoms with Gasteiger partial charge in [-0.2, -0.15) is 16.9 Å². The highest BCUT2D eigenvalue weighted by atomic mass is 32.2. The highest BCUT2D eigenvalue weighted by molar-refractivity contribution is 7.98. The number of halogens is 1. The standard InChI is InChI=1S/C22H19FN6OS/c1-13-2-3-15(17-8-9-24-27-21(17)30)10-18(13)25-22-28-26-20-12-31-11-19(29(20)22)14-4-6-16(23)7-5-14/h2-10,19H,11-12H2,1H3,(H,25,28)(H,27,30). The van der Waals surface area contributed by atoms with E-state index in [-0.39, 0.29) is 17.4 Å². The zero-order valence-corrected chi connectivity index (χ0v) is 17.5. The van der Waals surface area contributed by atoms with Crippen LogP contribution in [-0.2, 0) is 5.75 Å². The molecule has 5 rings (SSSR count). The third-order valence-electron chi connectivity index (χ3n) is 5.36. The van der Waals surface area contributed by atoms with Gasteiger partial charge in [0.25, 0.3) is 5.56 Å². The quantitative estimate of drug-likeness (QED) is 0.504. The largest absolute Gasteiger partial charge is 0.324 e. The molecule has 1 aliphatic rings. The number of anilines is 2. The Morgan fingerprint density at radius 1 is 1.16 bits per heavy atom. The molecule has 156 valence electrons. The van der Waals surface area contributed by atoms with E-state index in [1.54, 1.807) is 36.2 Å². The van der Waals surface area contributed by atoms with Crippen LogP contribution in [0.2, 0.25) is 0 Å². The van der Waals surface area contributed by atoms with E-state index >= 15 is 0 Å². The van der Waals surface area contributed by atoms with E-state index < -0.39 is 0 Å². The number of H-pyrrole nitrogens is 1. The van der Waals surface area contributed by atoms with E-state index in [2.05, 4.69) is 30.3 Å². The average Bonchev–Trinajstić information content (AvgIpc) is 3.19. The minimum atomic E-state index is -0.256. The van der Waals surface area contributed by atoms with Gasteiger partial charge in [-0.1, -0.05) is 24.3 Å². The zero-order valence-electron chi connectivity index (χ0n) is 16.7. The molecule has 31 heavy (non-hydrogen) atoms. The van der Waals surface area contributed by atoms with Crippen LogP contribution in [0.4, 0.5) is 16.0 Å². The molecule has 3 heterocycles. The number of fused-ring (bicyclic) bond motifs is 1. The van der Waals surface area contributed by atoms with Crippen LogP contribution in [0, 0.1) is 12.7 Å². The summed E-state index contributed by atoms with van der Waals surface area (Å²) in [6.45, 7) is 1.99. The number of aromatic nitrogens is 5. The fourth-order valence-corrected chi connectivity index (χ4v) is 4.78. The summed E-state index contributed by atoms with van der Waals surface area (Å²) in [6, 6.07) is 14.0. The molecule has 0 bridgehead atoms. The lowest BCUT2D eigenvalue weighted by molar-refractivity contribution is 0.607. The van der Waals surface area contributed by atoms with Crippen LogP contribution in [0.1, 0.15) is 23.0 Å². The van der Waals surface area contributed by atoms with Crippen LogP contribution < -0.4 is 10.9 Å². The second-order valence-corrected chi connectivity index (χ2v) is 8.38. The molecular weight excluding hydrogens is 415 g/mol. The van der Waals surface area contributed by atoms with Crippen LogP contribution in [0.3, 0.4) is 0 Å². The summed E-state index contributed by atoms with van der Waals surface area (Å²) in [7, 11) is 0. The lowest BCUT2D eigenvalue weighted by Crippen LogP contribution is -2.21. The SMILES string of the molecule is Cc1ccc(-c2ccn[nH]c2=O)cc1Nc1nnc2n1C(c1ccc(F)cc1)CSC2. The van der Waals surface area contributed by atoms with Gasteiger partial charge in [-0.3, -0.25) is 9.36 Å².